The second-order valence-corrected chi connectivity index (χ2v) is 11.5. The van der Waals surface area contributed by atoms with Gasteiger partial charge in [-0.05, 0) is 67.2 Å². The summed E-state index contributed by atoms with van der Waals surface area (Å²) in [6.45, 7) is 1.84. The van der Waals surface area contributed by atoms with Crippen LogP contribution in [0.3, 0.4) is 0 Å². The average molecular weight is 493 g/mol. The fourth-order valence-electron chi connectivity index (χ4n) is 5.54. The number of carbonyl (C=O) groups excluding carboxylic acids is 1. The van der Waals surface area contributed by atoms with Crippen LogP contribution in [-0.4, -0.2) is 49.9 Å². The van der Waals surface area contributed by atoms with Crippen LogP contribution in [0.15, 0.2) is 10.7 Å². The third-order valence-electron chi connectivity index (χ3n) is 7.32. The molecule has 1 aromatic carbocycles. The summed E-state index contributed by atoms with van der Waals surface area (Å²) in [5, 5.41) is 4.16. The van der Waals surface area contributed by atoms with Crippen molar-refractivity contribution in [2.24, 2.45) is 5.41 Å². The molecule has 0 bridgehead atoms. The van der Waals surface area contributed by atoms with Crippen LogP contribution in [0.5, 0.6) is 0 Å². The maximum Gasteiger partial charge on any atom is 0.304 e. The van der Waals surface area contributed by atoms with Crippen molar-refractivity contribution in [2.75, 3.05) is 31.6 Å². The Balaban J connectivity index is 1.20. The Hall–Kier alpha value is -2.14. The lowest BCUT2D eigenvalue weighted by Crippen LogP contribution is -2.48. The molecule has 1 aromatic heterocycles. The van der Waals surface area contributed by atoms with Gasteiger partial charge in [0.1, 0.15) is 6.26 Å². The Morgan fingerprint density at radius 2 is 1.76 bits per heavy atom. The van der Waals surface area contributed by atoms with E-state index in [0.717, 1.165) is 55.7 Å². The van der Waals surface area contributed by atoms with E-state index < -0.39 is 16.1 Å². The van der Waals surface area contributed by atoms with Gasteiger partial charge in [-0.1, -0.05) is 11.6 Å². The van der Waals surface area contributed by atoms with Crippen LogP contribution >= 0.6 is 11.6 Å². The van der Waals surface area contributed by atoms with Crippen LogP contribution in [0, 0.1) is 5.41 Å². The van der Waals surface area contributed by atoms with Crippen LogP contribution in [0.2, 0.25) is 5.02 Å². The predicted octanol–water partition coefficient (Wildman–Crippen LogP) is 2.75. The summed E-state index contributed by atoms with van der Waals surface area (Å²) in [6.07, 6.45) is 7.78. The van der Waals surface area contributed by atoms with Crippen molar-refractivity contribution in [3.8, 4) is 0 Å². The molecule has 3 heterocycles. The summed E-state index contributed by atoms with van der Waals surface area (Å²) < 4.78 is 39.5. The van der Waals surface area contributed by atoms with Crippen LogP contribution in [0.25, 0.3) is 0 Å². The maximum atomic E-state index is 12.7. The normalized spacial score (nSPS) is 21.1. The van der Waals surface area contributed by atoms with Crippen molar-refractivity contribution in [1.29, 1.82) is 0 Å². The standard InChI is InChI=1S/C22H25ClN4O5S/c23-18-13-3-1-5-15(13)19(16-6-2-4-14(16)18)25-21-24-17(9-32-21)20(28)26-33(29,30)27-8-7-22(10-27)11-31-12-22/h9H,1-8,10-12H2,(H,24,25)(H,26,28). The quantitative estimate of drug-likeness (QED) is 0.659. The number of aromatic nitrogens is 1. The molecule has 0 atom stereocenters. The van der Waals surface area contributed by atoms with E-state index in [1.807, 2.05) is 0 Å². The highest BCUT2D eigenvalue weighted by molar-refractivity contribution is 7.87. The summed E-state index contributed by atoms with van der Waals surface area (Å²) in [7, 11) is -3.96. The highest BCUT2D eigenvalue weighted by Gasteiger charge is 2.48. The zero-order chi connectivity index (χ0) is 22.8. The number of amides is 1. The zero-order valence-electron chi connectivity index (χ0n) is 18.1. The minimum absolute atomic E-state index is 0.0933. The average Bonchev–Trinajstić information content (AvgIpc) is 3.55. The molecule has 2 aliphatic heterocycles. The molecule has 2 N–H and O–H groups in total. The number of ether oxygens (including phenoxy) is 1. The van der Waals surface area contributed by atoms with Gasteiger partial charge in [0.15, 0.2) is 5.69 Å². The van der Waals surface area contributed by atoms with Gasteiger partial charge in [0.05, 0.1) is 13.2 Å². The summed E-state index contributed by atoms with van der Waals surface area (Å²) in [5.74, 6) is -0.816. The molecule has 0 saturated carbocycles. The van der Waals surface area contributed by atoms with E-state index in [1.54, 1.807) is 0 Å². The van der Waals surface area contributed by atoms with E-state index in [2.05, 4.69) is 15.0 Å². The molecule has 2 saturated heterocycles. The third-order valence-corrected chi connectivity index (χ3v) is 9.21. The minimum Gasteiger partial charge on any atom is -0.431 e. The number of hydrogen-bond donors (Lipinski definition) is 2. The zero-order valence-corrected chi connectivity index (χ0v) is 19.6. The first-order valence-electron chi connectivity index (χ1n) is 11.3. The molecule has 176 valence electrons. The maximum absolute atomic E-state index is 12.7. The minimum atomic E-state index is -3.96. The highest BCUT2D eigenvalue weighted by atomic mass is 35.5. The van der Waals surface area contributed by atoms with Gasteiger partial charge in [-0.25, -0.2) is 4.72 Å². The van der Waals surface area contributed by atoms with Crippen LogP contribution < -0.4 is 10.0 Å². The first-order chi connectivity index (χ1) is 15.9. The van der Waals surface area contributed by atoms with Crippen molar-refractivity contribution in [1.82, 2.24) is 14.0 Å². The van der Waals surface area contributed by atoms with Gasteiger partial charge in [-0.3, -0.25) is 4.79 Å². The van der Waals surface area contributed by atoms with Crippen molar-refractivity contribution in [3.05, 3.63) is 39.2 Å². The number of halogens is 1. The van der Waals surface area contributed by atoms with Gasteiger partial charge in [-0.15, -0.1) is 0 Å². The lowest BCUT2D eigenvalue weighted by atomic mass is 9.86. The van der Waals surface area contributed by atoms with E-state index in [1.165, 1.54) is 32.8 Å². The lowest BCUT2D eigenvalue weighted by molar-refractivity contribution is -0.102. The third kappa shape index (κ3) is 3.54. The lowest BCUT2D eigenvalue weighted by Gasteiger charge is -2.37. The fourth-order valence-corrected chi connectivity index (χ4v) is 7.20. The second-order valence-electron chi connectivity index (χ2n) is 9.49. The SMILES string of the molecule is O=C(NS(=O)(=O)N1CCC2(COC2)C1)c1coc(Nc2c3c(c(Cl)c4c2CCC4)CCC3)n1. The molecule has 2 aromatic rings. The summed E-state index contributed by atoms with van der Waals surface area (Å²) in [5.41, 5.74) is 5.54. The summed E-state index contributed by atoms with van der Waals surface area (Å²) >= 11 is 6.68. The molecule has 33 heavy (non-hydrogen) atoms. The number of carbonyl (C=O) groups is 1. The molecule has 6 rings (SSSR count). The van der Waals surface area contributed by atoms with Gasteiger partial charge in [0, 0.05) is 29.2 Å². The number of rotatable bonds is 5. The number of benzene rings is 1. The Morgan fingerprint density at radius 3 is 2.36 bits per heavy atom. The molecular weight excluding hydrogens is 468 g/mol. The number of nitrogens with zero attached hydrogens (tertiary/aromatic N) is 2. The molecule has 9 nitrogen and oxygen atoms in total. The van der Waals surface area contributed by atoms with Crippen LogP contribution in [0.4, 0.5) is 11.7 Å². The number of anilines is 2. The Bertz CT molecular complexity index is 1220. The topological polar surface area (TPSA) is 114 Å². The molecule has 11 heteroatoms. The van der Waals surface area contributed by atoms with Crippen LogP contribution in [-0.2, 0) is 40.6 Å². The molecule has 2 aliphatic carbocycles. The van der Waals surface area contributed by atoms with Crippen LogP contribution in [0.1, 0.15) is 52.0 Å². The fraction of sp³-hybridized carbons (Fsp3) is 0.545. The molecule has 1 spiro atoms. The van der Waals surface area contributed by atoms with E-state index in [-0.39, 0.29) is 17.1 Å². The first kappa shape index (κ1) is 21.4. The number of hydrogen-bond acceptors (Lipinski definition) is 7. The molecule has 4 aliphatic rings. The van der Waals surface area contributed by atoms with Gasteiger partial charge >= 0.3 is 10.2 Å². The predicted molar refractivity (Wildman–Crippen MR) is 121 cm³/mol. The molecule has 1 amide bonds. The Labute approximate surface area is 197 Å². The Kier molecular flexibility index (Phi) is 4.99. The second kappa shape index (κ2) is 7.69. The molecular formula is C22H25ClN4O5S. The number of nitrogens with one attached hydrogen (secondary N) is 2. The van der Waals surface area contributed by atoms with Crippen molar-refractivity contribution in [2.45, 2.75) is 44.9 Å². The van der Waals surface area contributed by atoms with E-state index in [4.69, 9.17) is 20.8 Å². The van der Waals surface area contributed by atoms with Gasteiger partial charge in [0.2, 0.25) is 0 Å². The van der Waals surface area contributed by atoms with E-state index >= 15 is 0 Å². The Morgan fingerprint density at radius 1 is 1.09 bits per heavy atom. The first-order valence-corrected chi connectivity index (χ1v) is 13.1. The monoisotopic (exact) mass is 492 g/mol. The van der Waals surface area contributed by atoms with Crippen molar-refractivity contribution in [3.63, 3.8) is 0 Å². The summed E-state index contributed by atoms with van der Waals surface area (Å²) in [6, 6.07) is 0.162. The smallest absolute Gasteiger partial charge is 0.304 e. The number of oxazole rings is 1. The largest absolute Gasteiger partial charge is 0.431 e. The van der Waals surface area contributed by atoms with Gasteiger partial charge in [-0.2, -0.15) is 17.7 Å². The van der Waals surface area contributed by atoms with Gasteiger partial charge < -0.3 is 14.5 Å². The van der Waals surface area contributed by atoms with Gasteiger partial charge in [0.25, 0.3) is 11.9 Å². The summed E-state index contributed by atoms with van der Waals surface area (Å²) in [4.78, 5) is 16.9. The van der Waals surface area contributed by atoms with E-state index in [0.29, 0.717) is 26.3 Å². The van der Waals surface area contributed by atoms with Crippen molar-refractivity contribution >= 4 is 39.4 Å². The molecule has 0 radical (unpaired) electrons. The van der Waals surface area contributed by atoms with Crippen molar-refractivity contribution < 1.29 is 22.4 Å². The highest BCUT2D eigenvalue weighted by Crippen LogP contribution is 2.45. The molecule has 2 fully saturated rings. The number of fused-ring (bicyclic) bond motifs is 2. The molecule has 0 unspecified atom stereocenters. The van der Waals surface area contributed by atoms with E-state index in [9.17, 15) is 13.2 Å².